The number of benzene rings is 10. The van der Waals surface area contributed by atoms with Gasteiger partial charge in [-0.05, 0) is 163 Å². The maximum atomic E-state index is 13.9. The van der Waals surface area contributed by atoms with Crippen LogP contribution >= 0.6 is 15.9 Å². The highest BCUT2D eigenvalue weighted by atomic mass is 79.9. The maximum Gasteiger partial charge on any atom is 0.338 e. The molecule has 13 heteroatoms. The van der Waals surface area contributed by atoms with Gasteiger partial charge >= 0.3 is 5.97 Å². The number of carbonyl (C=O) groups excluding carboxylic acids is 2. The van der Waals surface area contributed by atoms with Crippen LogP contribution in [0.25, 0.3) is 55.6 Å². The van der Waals surface area contributed by atoms with Gasteiger partial charge in [0.1, 0.15) is 41.5 Å². The second kappa shape index (κ2) is 29.2. The van der Waals surface area contributed by atoms with Crippen molar-refractivity contribution in [3.05, 3.63) is 286 Å². The number of aliphatic hydroxyl groups is 3. The molecule has 0 unspecified atom stereocenters. The molecule has 2 aliphatic heterocycles. The standard InChI is InChI=1S/C59H54O6.C13H11Br.C9H14O6/c1-39-7-11-41(12-8-39)43-15-27-49(28-16-43)58(60,50-29-17-44(18-30-50)42-13-9-40(2)10-14-42)55-56(65-57(3,4)64-55)59(61,51-31-19-45(20-32-51)47-23-35-53(62-5)36-24-47)52-33-21-46(22-34-52)48-25-37-54(63-6)38-26-48;1-10-2-4-11(5-3-10)12-6-8-13(14)9-7-12;1-9(2)14-6(5(11)4-10)7(15-9)8(12)13-3/h7-38,55-56,60-61H,1-6H3;2-9H,1H3;6-7,10H,4H2,1-3H3/t55-,56-;;6-,7+/m1.1/s1. The summed E-state index contributed by atoms with van der Waals surface area (Å²) in [6, 6.07) is 81.3. The number of hydrogen-bond donors (Lipinski definition) is 3. The molecule has 482 valence electrons. The molecule has 12 rings (SSSR count). The van der Waals surface area contributed by atoms with Crippen LogP contribution in [0.4, 0.5) is 0 Å². The zero-order chi connectivity index (χ0) is 67.0. The summed E-state index contributed by atoms with van der Waals surface area (Å²) in [5.41, 5.74) is 13.0. The monoisotopic (exact) mass is 1320 g/mol. The second-order valence-electron chi connectivity index (χ2n) is 24.5. The quantitative estimate of drug-likeness (QED) is 0.0787. The molecule has 0 amide bonds. The Balaban J connectivity index is 0.000000271. The van der Waals surface area contributed by atoms with Crippen molar-refractivity contribution in [2.75, 3.05) is 27.9 Å². The summed E-state index contributed by atoms with van der Waals surface area (Å²) in [7, 11) is 4.50. The first-order valence-corrected chi connectivity index (χ1v) is 31.9. The lowest BCUT2D eigenvalue weighted by Crippen LogP contribution is -2.55. The predicted molar refractivity (Wildman–Crippen MR) is 372 cm³/mol. The Morgan fingerprint density at radius 1 is 0.383 bits per heavy atom. The highest BCUT2D eigenvalue weighted by Crippen LogP contribution is 2.51. The van der Waals surface area contributed by atoms with Crippen molar-refractivity contribution in [1.82, 2.24) is 0 Å². The molecule has 0 spiro atoms. The van der Waals surface area contributed by atoms with Gasteiger partial charge in [0.25, 0.3) is 0 Å². The third-order valence-corrected chi connectivity index (χ3v) is 17.6. The van der Waals surface area contributed by atoms with Crippen molar-refractivity contribution in [2.24, 2.45) is 0 Å². The van der Waals surface area contributed by atoms with Gasteiger partial charge < -0.3 is 48.5 Å². The lowest BCUT2D eigenvalue weighted by Gasteiger charge is -2.42. The van der Waals surface area contributed by atoms with Gasteiger partial charge in [0.05, 0.1) is 21.3 Å². The van der Waals surface area contributed by atoms with Gasteiger partial charge in [0.2, 0.25) is 0 Å². The molecule has 94 heavy (non-hydrogen) atoms. The lowest BCUT2D eigenvalue weighted by atomic mass is 9.71. The molecule has 2 heterocycles. The Morgan fingerprint density at radius 3 is 0.872 bits per heavy atom. The SMILES string of the molecule is COC(=O)[C@H]1OC(C)(C)O[C@@H]1C(=O)CO.COc1ccc(-c2ccc(C(O)(c3ccc(-c4ccc(OC)cc4)cc3)[C@@H]3OC(C)(C)O[C@H]3C(O)(c3ccc(-c4ccc(C)cc4)cc3)c3ccc(-c4ccc(C)cc4)cc3)cc2)cc1.Cc1ccc(-c2ccc(Br)cc2)cc1. The number of aryl methyl sites for hydroxylation is 3. The van der Waals surface area contributed by atoms with E-state index in [0.29, 0.717) is 22.3 Å². The van der Waals surface area contributed by atoms with Gasteiger partial charge in [0.15, 0.2) is 29.6 Å². The summed E-state index contributed by atoms with van der Waals surface area (Å²) in [4.78, 5) is 22.5. The zero-order valence-corrected chi connectivity index (χ0v) is 56.1. The molecule has 10 aromatic carbocycles. The number of aliphatic hydroxyl groups excluding tert-OH is 1. The smallest absolute Gasteiger partial charge is 0.338 e. The van der Waals surface area contributed by atoms with Crippen LogP contribution in [0, 0.1) is 20.8 Å². The van der Waals surface area contributed by atoms with E-state index in [2.05, 4.69) is 138 Å². The summed E-state index contributed by atoms with van der Waals surface area (Å²) in [5, 5.41) is 36.4. The number of esters is 1. The van der Waals surface area contributed by atoms with Gasteiger partial charge in [-0.25, -0.2) is 4.79 Å². The summed E-state index contributed by atoms with van der Waals surface area (Å²) in [6.45, 7) is 12.4. The molecule has 10 aromatic rings. The van der Waals surface area contributed by atoms with E-state index in [1.54, 1.807) is 28.1 Å². The van der Waals surface area contributed by atoms with E-state index >= 15 is 0 Å². The lowest BCUT2D eigenvalue weighted by molar-refractivity contribution is -0.172. The molecule has 2 saturated heterocycles. The second-order valence-corrected chi connectivity index (χ2v) is 25.4. The number of halogens is 1. The van der Waals surface area contributed by atoms with Crippen LogP contribution in [0.1, 0.15) is 66.6 Å². The van der Waals surface area contributed by atoms with E-state index in [4.69, 9.17) is 33.5 Å². The number of Topliss-reactive ketones (excluding diaryl/α,β-unsaturated/α-hetero) is 1. The number of ketones is 1. The predicted octanol–water partition coefficient (Wildman–Crippen LogP) is 16.3. The summed E-state index contributed by atoms with van der Waals surface area (Å²) in [6.07, 6.45) is -4.46. The minimum atomic E-state index is -1.84. The van der Waals surface area contributed by atoms with Crippen LogP contribution in [0.15, 0.2) is 247 Å². The summed E-state index contributed by atoms with van der Waals surface area (Å²) >= 11 is 3.43. The topological polar surface area (TPSA) is 159 Å². The van der Waals surface area contributed by atoms with E-state index in [0.717, 1.165) is 60.5 Å². The molecule has 4 atom stereocenters. The fourth-order valence-electron chi connectivity index (χ4n) is 11.9. The number of ether oxygens (including phenoxy) is 7. The van der Waals surface area contributed by atoms with E-state index < -0.39 is 65.6 Å². The van der Waals surface area contributed by atoms with Crippen molar-refractivity contribution in [1.29, 1.82) is 0 Å². The van der Waals surface area contributed by atoms with E-state index in [-0.39, 0.29) is 0 Å². The largest absolute Gasteiger partial charge is 0.497 e. The van der Waals surface area contributed by atoms with Crippen LogP contribution < -0.4 is 9.47 Å². The van der Waals surface area contributed by atoms with Crippen molar-refractivity contribution < 1.29 is 58.1 Å². The first-order chi connectivity index (χ1) is 45.0. The number of carbonyl (C=O) groups is 2. The van der Waals surface area contributed by atoms with Gasteiger partial charge in [-0.15, -0.1) is 0 Å². The van der Waals surface area contributed by atoms with E-state index in [9.17, 15) is 19.8 Å². The number of rotatable bonds is 16. The fourth-order valence-corrected chi connectivity index (χ4v) is 12.1. The van der Waals surface area contributed by atoms with Gasteiger partial charge in [-0.3, -0.25) is 4.79 Å². The van der Waals surface area contributed by atoms with Crippen LogP contribution in [-0.4, -0.2) is 91.0 Å². The molecular weight excluding hydrogens is 1240 g/mol. The average Bonchev–Trinajstić information content (AvgIpc) is 1.44. The molecule has 0 aliphatic carbocycles. The average molecular weight is 1320 g/mol. The molecule has 12 nitrogen and oxygen atoms in total. The van der Waals surface area contributed by atoms with Crippen LogP contribution in [0.3, 0.4) is 0 Å². The van der Waals surface area contributed by atoms with Crippen LogP contribution in [-0.2, 0) is 44.5 Å². The fraction of sp³-hybridized carbons (Fsp3) is 0.235. The first-order valence-electron chi connectivity index (χ1n) is 31.1. The maximum absolute atomic E-state index is 13.9. The van der Waals surface area contributed by atoms with Crippen molar-refractivity contribution in [3.63, 3.8) is 0 Å². The number of methoxy groups -OCH3 is 3. The molecule has 0 aromatic heterocycles. The van der Waals surface area contributed by atoms with Crippen LogP contribution in [0.2, 0.25) is 0 Å². The molecule has 0 saturated carbocycles. The highest BCUT2D eigenvalue weighted by Gasteiger charge is 2.61. The zero-order valence-electron chi connectivity index (χ0n) is 54.5. The van der Waals surface area contributed by atoms with Crippen LogP contribution in [0.5, 0.6) is 11.5 Å². The van der Waals surface area contributed by atoms with E-state index in [1.165, 1.54) is 34.9 Å². The third kappa shape index (κ3) is 15.4. The Hall–Kier alpha value is -8.86. The van der Waals surface area contributed by atoms with Gasteiger partial charge in [0, 0.05) is 4.47 Å². The van der Waals surface area contributed by atoms with E-state index in [1.807, 2.05) is 159 Å². The Labute approximate surface area is 559 Å². The molecular formula is C81H79BrO12. The van der Waals surface area contributed by atoms with Crippen molar-refractivity contribution in [2.45, 2.75) is 95.7 Å². The molecule has 0 bridgehead atoms. The third-order valence-electron chi connectivity index (χ3n) is 17.1. The van der Waals surface area contributed by atoms with Gasteiger partial charge in [-0.2, -0.15) is 0 Å². The van der Waals surface area contributed by atoms with Crippen molar-refractivity contribution >= 4 is 27.7 Å². The summed E-state index contributed by atoms with van der Waals surface area (Å²) < 4.78 is 40.7. The Morgan fingerprint density at radius 2 is 0.617 bits per heavy atom. The van der Waals surface area contributed by atoms with Gasteiger partial charge in [-0.1, -0.05) is 239 Å². The minimum absolute atomic E-state index is 0.579. The molecule has 2 aliphatic rings. The minimum Gasteiger partial charge on any atom is -0.497 e. The summed E-state index contributed by atoms with van der Waals surface area (Å²) in [5.74, 6) is -2.00. The molecule has 3 N–H and O–H groups in total. The van der Waals surface area contributed by atoms with Crippen molar-refractivity contribution in [3.8, 4) is 67.1 Å². The first kappa shape index (κ1) is 68.0. The Kier molecular flexibility index (Phi) is 21.1. The molecule has 2 fully saturated rings. The Bertz CT molecular complexity index is 3880. The highest BCUT2D eigenvalue weighted by molar-refractivity contribution is 9.10. The number of hydrogen-bond acceptors (Lipinski definition) is 12. The molecule has 0 radical (unpaired) electrons. The normalized spacial score (nSPS) is 17.2.